The lowest BCUT2D eigenvalue weighted by Gasteiger charge is -2.13. The quantitative estimate of drug-likeness (QED) is 0.264. The summed E-state index contributed by atoms with van der Waals surface area (Å²) in [6.07, 6.45) is 1.00. The Morgan fingerprint density at radius 1 is 0.931 bits per heavy atom. The summed E-state index contributed by atoms with van der Waals surface area (Å²) >= 11 is 0. The molecule has 0 aliphatic rings. The van der Waals surface area contributed by atoms with Crippen molar-refractivity contribution < 1.29 is 8.42 Å². The Bertz CT molecular complexity index is 884. The van der Waals surface area contributed by atoms with E-state index in [1.807, 2.05) is 31.2 Å². The third kappa shape index (κ3) is 8.71. The summed E-state index contributed by atoms with van der Waals surface area (Å²) in [7, 11) is -1.83. The predicted octanol–water partition coefficient (Wildman–Crippen LogP) is 3.17. The summed E-state index contributed by atoms with van der Waals surface area (Å²) in [5, 5.41) is 6.65. The van der Waals surface area contributed by atoms with Crippen LogP contribution in [0.25, 0.3) is 0 Å². The van der Waals surface area contributed by atoms with Gasteiger partial charge in [0.15, 0.2) is 5.96 Å². The molecular formula is C21H31IN4O2S. The molecule has 0 spiro atoms. The molecule has 0 bridgehead atoms. The zero-order chi connectivity index (χ0) is 20.4. The van der Waals surface area contributed by atoms with Gasteiger partial charge in [0, 0.05) is 13.1 Å². The highest BCUT2D eigenvalue weighted by Gasteiger charge is 2.08. The van der Waals surface area contributed by atoms with E-state index in [-0.39, 0.29) is 29.7 Å². The molecule has 0 saturated carbocycles. The fourth-order valence-corrected chi connectivity index (χ4v) is 3.57. The van der Waals surface area contributed by atoms with Gasteiger partial charge in [-0.15, -0.1) is 24.0 Å². The van der Waals surface area contributed by atoms with Crippen molar-refractivity contribution in [2.45, 2.75) is 39.1 Å². The fourth-order valence-electron chi connectivity index (χ4n) is 2.80. The molecule has 2 aromatic carbocycles. The molecule has 0 atom stereocenters. The van der Waals surface area contributed by atoms with Crippen LogP contribution in [0.1, 0.15) is 36.1 Å². The Morgan fingerprint density at radius 2 is 1.55 bits per heavy atom. The van der Waals surface area contributed by atoms with Gasteiger partial charge in [-0.1, -0.05) is 55.5 Å². The molecule has 0 aliphatic carbocycles. The van der Waals surface area contributed by atoms with E-state index in [0.29, 0.717) is 6.54 Å². The first-order chi connectivity index (χ1) is 13.5. The van der Waals surface area contributed by atoms with Gasteiger partial charge in [-0.2, -0.15) is 0 Å². The molecule has 6 nitrogen and oxygen atoms in total. The number of halogens is 1. The number of benzene rings is 2. The second-order valence-corrected chi connectivity index (χ2v) is 8.38. The van der Waals surface area contributed by atoms with Gasteiger partial charge in [-0.3, -0.25) is 0 Å². The molecule has 0 aliphatic heterocycles. The molecule has 0 unspecified atom stereocenters. The van der Waals surface area contributed by atoms with E-state index in [4.69, 9.17) is 0 Å². The molecular weight excluding hydrogens is 499 g/mol. The highest BCUT2D eigenvalue weighted by molar-refractivity contribution is 14.0. The van der Waals surface area contributed by atoms with Crippen LogP contribution in [0.5, 0.6) is 0 Å². The van der Waals surface area contributed by atoms with Crippen LogP contribution in [0.3, 0.4) is 0 Å². The van der Waals surface area contributed by atoms with Gasteiger partial charge in [-0.25, -0.2) is 18.1 Å². The average molecular weight is 530 g/mol. The first-order valence-electron chi connectivity index (χ1n) is 9.55. The largest absolute Gasteiger partial charge is 0.357 e. The van der Waals surface area contributed by atoms with Gasteiger partial charge in [0.25, 0.3) is 0 Å². The minimum atomic E-state index is -3.26. The number of hydrogen-bond donors (Lipinski definition) is 3. The average Bonchev–Trinajstić information content (AvgIpc) is 2.71. The first-order valence-corrected chi connectivity index (χ1v) is 11.2. The highest BCUT2D eigenvalue weighted by Crippen LogP contribution is 2.10. The number of nitrogens with zero attached hydrogens (tertiary/aromatic N) is 1. The highest BCUT2D eigenvalue weighted by atomic mass is 127. The molecule has 8 heteroatoms. The number of aryl methyl sites for hydroxylation is 1. The van der Waals surface area contributed by atoms with Crippen molar-refractivity contribution in [2.24, 2.45) is 4.99 Å². The maximum Gasteiger partial charge on any atom is 0.215 e. The van der Waals surface area contributed by atoms with Crippen molar-refractivity contribution in [1.29, 1.82) is 0 Å². The lowest BCUT2D eigenvalue weighted by atomic mass is 10.1. The van der Waals surface area contributed by atoms with E-state index >= 15 is 0 Å². The lowest BCUT2D eigenvalue weighted by molar-refractivity contribution is 0.587. The number of hydrogen-bond acceptors (Lipinski definition) is 3. The van der Waals surface area contributed by atoms with Gasteiger partial charge in [0.05, 0.1) is 12.3 Å². The van der Waals surface area contributed by atoms with Crippen LogP contribution < -0.4 is 15.4 Å². The minimum Gasteiger partial charge on any atom is -0.357 e. The molecule has 0 aromatic heterocycles. The van der Waals surface area contributed by atoms with E-state index in [1.165, 1.54) is 18.2 Å². The van der Waals surface area contributed by atoms with E-state index < -0.39 is 10.0 Å². The maximum absolute atomic E-state index is 11.6. The van der Waals surface area contributed by atoms with E-state index in [0.717, 1.165) is 36.6 Å². The predicted molar refractivity (Wildman–Crippen MR) is 131 cm³/mol. The van der Waals surface area contributed by atoms with Crippen molar-refractivity contribution in [3.8, 4) is 0 Å². The normalized spacial score (nSPS) is 11.6. The SMILES string of the molecule is CCNC(=NCc1ccc(CS(=O)(=O)NC)cc1)NCc1ccccc1CC.I. The van der Waals surface area contributed by atoms with Crippen molar-refractivity contribution in [3.63, 3.8) is 0 Å². The summed E-state index contributed by atoms with van der Waals surface area (Å²) < 4.78 is 25.6. The van der Waals surface area contributed by atoms with Crippen LogP contribution in [0, 0.1) is 0 Å². The van der Waals surface area contributed by atoms with Gasteiger partial charge >= 0.3 is 0 Å². The summed E-state index contributed by atoms with van der Waals surface area (Å²) in [5.74, 6) is 0.740. The van der Waals surface area contributed by atoms with E-state index in [2.05, 4.69) is 51.5 Å². The molecule has 2 aromatic rings. The second-order valence-electron chi connectivity index (χ2n) is 6.45. The first kappa shape index (κ1) is 25.4. The van der Waals surface area contributed by atoms with Gasteiger partial charge in [-0.05, 0) is 42.6 Å². The molecule has 0 saturated heterocycles. The Kier molecular flexibility index (Phi) is 11.2. The van der Waals surface area contributed by atoms with Crippen LogP contribution in [0.2, 0.25) is 0 Å². The van der Waals surface area contributed by atoms with E-state index in [1.54, 1.807) is 0 Å². The topological polar surface area (TPSA) is 82.6 Å². The number of rotatable bonds is 9. The van der Waals surface area contributed by atoms with Gasteiger partial charge in [0.1, 0.15) is 0 Å². The Balaban J connectivity index is 0.00000420. The second kappa shape index (κ2) is 12.8. The molecule has 29 heavy (non-hydrogen) atoms. The van der Waals surface area contributed by atoms with Crippen molar-refractivity contribution in [2.75, 3.05) is 13.6 Å². The molecule has 2 rings (SSSR count). The molecule has 3 N–H and O–H groups in total. The number of sulfonamides is 1. The molecule has 0 amide bonds. The summed E-state index contributed by atoms with van der Waals surface area (Å²) in [4.78, 5) is 4.64. The third-order valence-electron chi connectivity index (χ3n) is 4.40. The van der Waals surface area contributed by atoms with E-state index in [9.17, 15) is 8.42 Å². The molecule has 0 fully saturated rings. The maximum atomic E-state index is 11.6. The standard InChI is InChI=1S/C21H30N4O2S.HI/c1-4-19-8-6-7-9-20(19)15-25-21(23-5-2)24-14-17-10-12-18(13-11-17)16-28(26,27)22-3;/h6-13,22H,4-5,14-16H2,1-3H3,(H2,23,24,25);1H. The van der Waals surface area contributed by atoms with Crippen molar-refractivity contribution >= 4 is 40.0 Å². The van der Waals surface area contributed by atoms with Crippen LogP contribution in [0.4, 0.5) is 0 Å². The van der Waals surface area contributed by atoms with Crippen molar-refractivity contribution in [1.82, 2.24) is 15.4 Å². The number of nitrogens with one attached hydrogen (secondary N) is 3. The molecule has 0 radical (unpaired) electrons. The Labute approximate surface area is 191 Å². The van der Waals surface area contributed by atoms with Gasteiger partial charge in [0.2, 0.25) is 10.0 Å². The lowest BCUT2D eigenvalue weighted by Crippen LogP contribution is -2.37. The smallest absolute Gasteiger partial charge is 0.215 e. The van der Waals surface area contributed by atoms with Crippen LogP contribution in [0.15, 0.2) is 53.5 Å². The van der Waals surface area contributed by atoms with Crippen LogP contribution in [-0.4, -0.2) is 28.0 Å². The van der Waals surface area contributed by atoms with Crippen molar-refractivity contribution in [3.05, 3.63) is 70.8 Å². The zero-order valence-electron chi connectivity index (χ0n) is 17.2. The van der Waals surface area contributed by atoms with Crippen LogP contribution in [-0.2, 0) is 35.3 Å². The Morgan fingerprint density at radius 3 is 2.14 bits per heavy atom. The third-order valence-corrected chi connectivity index (χ3v) is 5.74. The number of guanidine groups is 1. The monoisotopic (exact) mass is 530 g/mol. The minimum absolute atomic E-state index is 0. The number of aliphatic imine (C=N–C) groups is 1. The van der Waals surface area contributed by atoms with Crippen LogP contribution >= 0.6 is 24.0 Å². The summed E-state index contributed by atoms with van der Waals surface area (Å²) in [5.41, 5.74) is 4.38. The molecule has 160 valence electrons. The fraction of sp³-hybridized carbons (Fsp3) is 0.381. The summed E-state index contributed by atoms with van der Waals surface area (Å²) in [6, 6.07) is 15.9. The summed E-state index contributed by atoms with van der Waals surface area (Å²) in [6.45, 7) is 6.21. The van der Waals surface area contributed by atoms with Gasteiger partial charge < -0.3 is 10.6 Å². The molecule has 0 heterocycles. The zero-order valence-corrected chi connectivity index (χ0v) is 20.4. The Hall–Kier alpha value is -1.65.